The Balaban J connectivity index is 1.48. The molecule has 0 aromatic heterocycles. The number of imide groups is 1. The summed E-state index contributed by atoms with van der Waals surface area (Å²) in [6, 6.07) is 17.4. The SMILES string of the molecule is COc1ccc(/C=C2\SC(=O)N(CCOc3cccc(C)c3)C2=O)cc1OS(=O)(=O)c1ccc(NC(C)=O)cc1. The van der Waals surface area contributed by atoms with E-state index in [1.54, 1.807) is 12.1 Å². The highest BCUT2D eigenvalue weighted by molar-refractivity contribution is 8.18. The molecule has 0 aliphatic carbocycles. The van der Waals surface area contributed by atoms with Gasteiger partial charge in [0, 0.05) is 12.6 Å². The zero-order valence-corrected chi connectivity index (χ0v) is 23.5. The Morgan fingerprint density at radius 2 is 1.77 bits per heavy atom. The summed E-state index contributed by atoms with van der Waals surface area (Å²) in [7, 11) is -2.90. The fourth-order valence-electron chi connectivity index (χ4n) is 3.73. The number of carbonyl (C=O) groups is 3. The number of carbonyl (C=O) groups excluding carboxylic acids is 3. The number of ether oxygens (including phenoxy) is 2. The number of anilines is 1. The summed E-state index contributed by atoms with van der Waals surface area (Å²) < 4.78 is 42.1. The molecule has 3 aromatic rings. The van der Waals surface area contributed by atoms with Crippen LogP contribution < -0.4 is 19.0 Å². The highest BCUT2D eigenvalue weighted by Gasteiger charge is 2.35. The first-order valence-corrected chi connectivity index (χ1v) is 14.2. The van der Waals surface area contributed by atoms with Gasteiger partial charge < -0.3 is 19.0 Å². The van der Waals surface area contributed by atoms with Crippen LogP contribution in [0.5, 0.6) is 17.2 Å². The molecule has 12 heteroatoms. The van der Waals surface area contributed by atoms with Gasteiger partial charge in [-0.1, -0.05) is 18.2 Å². The molecule has 1 saturated heterocycles. The molecule has 0 saturated carbocycles. The van der Waals surface area contributed by atoms with E-state index in [0.717, 1.165) is 22.2 Å². The van der Waals surface area contributed by atoms with Gasteiger partial charge in [-0.25, -0.2) is 0 Å². The Kier molecular flexibility index (Phi) is 8.80. The van der Waals surface area contributed by atoms with Crippen molar-refractivity contribution in [3.05, 3.63) is 82.8 Å². The average Bonchev–Trinajstić information content (AvgIpc) is 3.16. The molecule has 40 heavy (non-hydrogen) atoms. The topological polar surface area (TPSA) is 128 Å². The second-order valence-electron chi connectivity index (χ2n) is 8.65. The summed E-state index contributed by atoms with van der Waals surface area (Å²) in [6.07, 6.45) is 1.48. The molecule has 4 rings (SSSR count). The van der Waals surface area contributed by atoms with Crippen LogP contribution in [0.2, 0.25) is 0 Å². The monoisotopic (exact) mass is 582 g/mol. The number of hydrogen-bond acceptors (Lipinski definition) is 9. The lowest BCUT2D eigenvalue weighted by Crippen LogP contribution is -2.32. The smallest absolute Gasteiger partial charge is 0.339 e. The molecule has 1 aliphatic heterocycles. The highest BCUT2D eigenvalue weighted by atomic mass is 32.2. The number of methoxy groups -OCH3 is 1. The van der Waals surface area contributed by atoms with Gasteiger partial charge in [-0.3, -0.25) is 19.3 Å². The van der Waals surface area contributed by atoms with Gasteiger partial charge in [0.1, 0.15) is 17.3 Å². The third kappa shape index (κ3) is 7.01. The van der Waals surface area contributed by atoms with E-state index in [-0.39, 0.29) is 40.4 Å². The molecule has 0 spiro atoms. The number of nitrogens with zero attached hydrogens (tertiary/aromatic N) is 1. The molecule has 1 fully saturated rings. The van der Waals surface area contributed by atoms with Crippen molar-refractivity contribution in [2.75, 3.05) is 25.6 Å². The minimum atomic E-state index is -4.26. The minimum Gasteiger partial charge on any atom is -0.493 e. The maximum Gasteiger partial charge on any atom is 0.339 e. The fraction of sp³-hybridized carbons (Fsp3) is 0.179. The number of benzene rings is 3. The Hall–Kier alpha value is -4.29. The largest absolute Gasteiger partial charge is 0.493 e. The number of rotatable bonds is 10. The van der Waals surface area contributed by atoms with Crippen molar-refractivity contribution in [3.8, 4) is 17.2 Å². The van der Waals surface area contributed by atoms with Gasteiger partial charge in [-0.15, -0.1) is 0 Å². The lowest BCUT2D eigenvalue weighted by Gasteiger charge is -2.13. The van der Waals surface area contributed by atoms with Crippen molar-refractivity contribution in [1.29, 1.82) is 0 Å². The normalized spacial score (nSPS) is 14.4. The van der Waals surface area contributed by atoms with Gasteiger partial charge in [0.2, 0.25) is 5.91 Å². The van der Waals surface area contributed by atoms with E-state index in [0.29, 0.717) is 17.0 Å². The Labute approximate surface area is 236 Å². The van der Waals surface area contributed by atoms with Crippen LogP contribution in [0.25, 0.3) is 6.08 Å². The average molecular weight is 583 g/mol. The van der Waals surface area contributed by atoms with Crippen LogP contribution in [0.4, 0.5) is 10.5 Å². The quantitative estimate of drug-likeness (QED) is 0.264. The van der Waals surface area contributed by atoms with Crippen molar-refractivity contribution in [1.82, 2.24) is 4.90 Å². The van der Waals surface area contributed by atoms with E-state index in [9.17, 15) is 22.8 Å². The summed E-state index contributed by atoms with van der Waals surface area (Å²) >= 11 is 0.779. The number of amides is 3. The zero-order chi connectivity index (χ0) is 28.9. The minimum absolute atomic E-state index is 0.0753. The molecular formula is C28H26N2O8S2. The van der Waals surface area contributed by atoms with Gasteiger partial charge in [-0.2, -0.15) is 8.42 Å². The lowest BCUT2D eigenvalue weighted by atomic mass is 10.2. The number of aryl methyl sites for hydroxylation is 1. The summed E-state index contributed by atoms with van der Waals surface area (Å²) in [4.78, 5) is 37.8. The van der Waals surface area contributed by atoms with Gasteiger partial charge in [0.05, 0.1) is 18.6 Å². The molecule has 3 aromatic carbocycles. The van der Waals surface area contributed by atoms with Crippen molar-refractivity contribution in [2.45, 2.75) is 18.7 Å². The summed E-state index contributed by atoms with van der Waals surface area (Å²) in [5.41, 5.74) is 1.89. The van der Waals surface area contributed by atoms with Gasteiger partial charge >= 0.3 is 10.1 Å². The van der Waals surface area contributed by atoms with Crippen LogP contribution in [0.3, 0.4) is 0 Å². The first-order chi connectivity index (χ1) is 19.1. The molecular weight excluding hydrogens is 556 g/mol. The first-order valence-electron chi connectivity index (χ1n) is 12.0. The standard InChI is InChI=1S/C28H26N2O8S2/c1-18-5-4-6-22(15-18)37-14-13-30-27(32)26(39-28(30)33)17-20-7-12-24(36-3)25(16-20)38-40(34,35)23-10-8-21(9-11-23)29-19(2)31/h4-12,15-17H,13-14H2,1-3H3,(H,29,31)/b26-17-. The van der Waals surface area contributed by atoms with Gasteiger partial charge in [0.25, 0.3) is 11.1 Å². The predicted octanol–water partition coefficient (Wildman–Crippen LogP) is 4.85. The van der Waals surface area contributed by atoms with E-state index in [1.165, 1.54) is 56.5 Å². The fourth-order valence-corrected chi connectivity index (χ4v) is 5.52. The van der Waals surface area contributed by atoms with Crippen LogP contribution >= 0.6 is 11.8 Å². The molecule has 0 bridgehead atoms. The summed E-state index contributed by atoms with van der Waals surface area (Å²) in [5, 5.41) is 2.13. The van der Waals surface area contributed by atoms with Crippen LogP contribution in [0, 0.1) is 6.92 Å². The number of thioether (sulfide) groups is 1. The van der Waals surface area contributed by atoms with E-state index in [4.69, 9.17) is 13.7 Å². The molecule has 1 heterocycles. The second-order valence-corrected chi connectivity index (χ2v) is 11.2. The summed E-state index contributed by atoms with van der Waals surface area (Å²) in [6.45, 7) is 3.49. The molecule has 10 nitrogen and oxygen atoms in total. The third-order valence-electron chi connectivity index (χ3n) is 5.60. The van der Waals surface area contributed by atoms with Crippen molar-refractivity contribution in [3.63, 3.8) is 0 Å². The summed E-state index contributed by atoms with van der Waals surface area (Å²) in [5.74, 6) is -0.0771. The third-order valence-corrected chi connectivity index (χ3v) is 7.75. The molecule has 0 atom stereocenters. The van der Waals surface area contributed by atoms with Crippen LogP contribution in [-0.2, 0) is 19.7 Å². The zero-order valence-electron chi connectivity index (χ0n) is 21.9. The van der Waals surface area contributed by atoms with E-state index in [2.05, 4.69) is 5.32 Å². The van der Waals surface area contributed by atoms with Crippen LogP contribution in [0.1, 0.15) is 18.1 Å². The molecule has 1 N–H and O–H groups in total. The van der Waals surface area contributed by atoms with Crippen molar-refractivity contribution in [2.24, 2.45) is 0 Å². The van der Waals surface area contributed by atoms with E-state index in [1.807, 2.05) is 25.1 Å². The van der Waals surface area contributed by atoms with Gasteiger partial charge in [0.15, 0.2) is 11.5 Å². The second kappa shape index (κ2) is 12.3. The molecule has 0 radical (unpaired) electrons. The van der Waals surface area contributed by atoms with E-state index >= 15 is 0 Å². The van der Waals surface area contributed by atoms with Crippen LogP contribution in [-0.4, -0.2) is 50.6 Å². The Morgan fingerprint density at radius 3 is 2.45 bits per heavy atom. The molecule has 3 amide bonds. The van der Waals surface area contributed by atoms with Crippen molar-refractivity contribution < 1.29 is 36.5 Å². The van der Waals surface area contributed by atoms with Crippen LogP contribution in [0.15, 0.2) is 76.5 Å². The first kappa shape index (κ1) is 28.7. The predicted molar refractivity (Wildman–Crippen MR) is 151 cm³/mol. The highest BCUT2D eigenvalue weighted by Crippen LogP contribution is 2.35. The van der Waals surface area contributed by atoms with Crippen molar-refractivity contribution >= 4 is 50.7 Å². The van der Waals surface area contributed by atoms with Gasteiger partial charge in [-0.05, 0) is 84.4 Å². The Morgan fingerprint density at radius 1 is 1.02 bits per heavy atom. The van der Waals surface area contributed by atoms with E-state index < -0.39 is 21.3 Å². The molecule has 0 unspecified atom stereocenters. The lowest BCUT2D eigenvalue weighted by molar-refractivity contribution is -0.123. The Bertz CT molecular complexity index is 1580. The maximum atomic E-state index is 12.9. The molecule has 208 valence electrons. The number of hydrogen-bond donors (Lipinski definition) is 1. The molecule has 1 aliphatic rings. The maximum absolute atomic E-state index is 12.9. The number of nitrogens with one attached hydrogen (secondary N) is 1.